The zero-order chi connectivity index (χ0) is 10.7. The van der Waals surface area contributed by atoms with Gasteiger partial charge in [-0.2, -0.15) is 17.6 Å². The zero-order valence-corrected chi connectivity index (χ0v) is 6.97. The molecule has 0 aromatic heterocycles. The van der Waals surface area contributed by atoms with Gasteiger partial charge in [0.25, 0.3) is 0 Å². The molecule has 0 spiro atoms. The Labute approximate surface area is 71.9 Å². The van der Waals surface area contributed by atoms with Gasteiger partial charge in [0.2, 0.25) is 6.43 Å². The van der Waals surface area contributed by atoms with E-state index in [0.717, 1.165) is 0 Å². The van der Waals surface area contributed by atoms with Crippen LogP contribution in [0.2, 0.25) is 0 Å². The summed E-state index contributed by atoms with van der Waals surface area (Å²) >= 11 is 0. The van der Waals surface area contributed by atoms with Gasteiger partial charge >= 0.3 is 11.8 Å². The molecule has 0 aliphatic heterocycles. The van der Waals surface area contributed by atoms with Crippen LogP contribution in [0, 0.1) is 0 Å². The standard InChI is InChI=1S/C7H10F6/c1-2-3-6(10,11)7(12,13)4-5(8)9/h5H,2-4H2,1H3. The van der Waals surface area contributed by atoms with Crippen LogP contribution in [0.5, 0.6) is 0 Å². The summed E-state index contributed by atoms with van der Waals surface area (Å²) in [5, 5.41) is 0. The fourth-order valence-electron chi connectivity index (χ4n) is 0.840. The van der Waals surface area contributed by atoms with Crippen molar-refractivity contribution in [2.45, 2.75) is 44.5 Å². The van der Waals surface area contributed by atoms with E-state index < -0.39 is 31.1 Å². The Hall–Kier alpha value is -0.420. The topological polar surface area (TPSA) is 0 Å². The van der Waals surface area contributed by atoms with Crippen molar-refractivity contribution in [2.24, 2.45) is 0 Å². The lowest BCUT2D eigenvalue weighted by atomic mass is 10.0. The van der Waals surface area contributed by atoms with Crippen LogP contribution < -0.4 is 0 Å². The van der Waals surface area contributed by atoms with Crippen molar-refractivity contribution in [1.82, 2.24) is 0 Å². The highest BCUT2D eigenvalue weighted by molar-refractivity contribution is 4.84. The quantitative estimate of drug-likeness (QED) is 0.604. The third-order valence-electron chi connectivity index (χ3n) is 1.51. The van der Waals surface area contributed by atoms with E-state index in [-0.39, 0.29) is 6.42 Å². The maximum atomic E-state index is 12.5. The van der Waals surface area contributed by atoms with Gasteiger partial charge in [-0.3, -0.25) is 0 Å². The maximum absolute atomic E-state index is 12.5. The third kappa shape index (κ3) is 3.44. The highest BCUT2D eigenvalue weighted by Gasteiger charge is 2.56. The Morgan fingerprint density at radius 3 is 1.77 bits per heavy atom. The molecule has 0 rings (SSSR count). The van der Waals surface area contributed by atoms with Crippen LogP contribution in [0.25, 0.3) is 0 Å². The van der Waals surface area contributed by atoms with Crippen molar-refractivity contribution in [3.63, 3.8) is 0 Å². The first-order chi connectivity index (χ1) is 5.73. The molecular formula is C7H10F6. The average Bonchev–Trinajstić information content (AvgIpc) is 1.82. The molecule has 0 atom stereocenters. The van der Waals surface area contributed by atoms with E-state index in [9.17, 15) is 26.3 Å². The molecule has 0 aromatic rings. The van der Waals surface area contributed by atoms with Crippen LogP contribution in [0.1, 0.15) is 26.2 Å². The minimum Gasteiger partial charge on any atom is -0.210 e. The number of hydrogen-bond acceptors (Lipinski definition) is 0. The van der Waals surface area contributed by atoms with Gasteiger partial charge in [-0.25, -0.2) is 8.78 Å². The van der Waals surface area contributed by atoms with E-state index in [4.69, 9.17) is 0 Å². The van der Waals surface area contributed by atoms with Crippen molar-refractivity contribution in [3.05, 3.63) is 0 Å². The van der Waals surface area contributed by atoms with Gasteiger partial charge in [-0.15, -0.1) is 0 Å². The highest BCUT2D eigenvalue weighted by atomic mass is 19.3. The fourth-order valence-corrected chi connectivity index (χ4v) is 0.840. The molecular weight excluding hydrogens is 198 g/mol. The molecule has 0 unspecified atom stereocenters. The molecule has 0 radical (unpaired) electrons. The summed E-state index contributed by atoms with van der Waals surface area (Å²) in [4.78, 5) is 0. The Bertz CT molecular complexity index is 153. The van der Waals surface area contributed by atoms with Crippen LogP contribution >= 0.6 is 0 Å². The van der Waals surface area contributed by atoms with Crippen LogP contribution in [0.4, 0.5) is 26.3 Å². The molecule has 6 heteroatoms. The summed E-state index contributed by atoms with van der Waals surface area (Å²) < 4.78 is 72.8. The molecule has 0 bridgehead atoms. The van der Waals surface area contributed by atoms with Gasteiger partial charge in [0.1, 0.15) is 0 Å². The summed E-state index contributed by atoms with van der Waals surface area (Å²) in [6.45, 7) is 1.28. The van der Waals surface area contributed by atoms with Crippen LogP contribution in [0.15, 0.2) is 0 Å². The van der Waals surface area contributed by atoms with Crippen LogP contribution in [-0.4, -0.2) is 18.3 Å². The van der Waals surface area contributed by atoms with E-state index in [1.54, 1.807) is 0 Å². The molecule has 0 heterocycles. The highest BCUT2D eigenvalue weighted by Crippen LogP contribution is 2.41. The SMILES string of the molecule is CCCC(F)(F)C(F)(F)CC(F)F. The lowest BCUT2D eigenvalue weighted by Gasteiger charge is -2.25. The zero-order valence-electron chi connectivity index (χ0n) is 6.97. The smallest absolute Gasteiger partial charge is 0.210 e. The Morgan fingerprint density at radius 2 is 1.46 bits per heavy atom. The van der Waals surface area contributed by atoms with Gasteiger partial charge in [-0.1, -0.05) is 13.3 Å². The molecule has 80 valence electrons. The molecule has 0 nitrogen and oxygen atoms in total. The third-order valence-corrected chi connectivity index (χ3v) is 1.51. The first kappa shape index (κ1) is 12.6. The van der Waals surface area contributed by atoms with E-state index in [0.29, 0.717) is 0 Å². The average molecular weight is 208 g/mol. The second-order valence-electron chi connectivity index (χ2n) is 2.75. The first-order valence-electron chi connectivity index (χ1n) is 3.76. The largest absolute Gasteiger partial charge is 0.315 e. The lowest BCUT2D eigenvalue weighted by molar-refractivity contribution is -0.227. The van der Waals surface area contributed by atoms with Gasteiger partial charge in [0.15, 0.2) is 0 Å². The molecule has 13 heavy (non-hydrogen) atoms. The molecule has 0 aliphatic rings. The summed E-state index contributed by atoms with van der Waals surface area (Å²) in [6, 6.07) is 0. The monoisotopic (exact) mass is 208 g/mol. The van der Waals surface area contributed by atoms with Crippen LogP contribution in [0.3, 0.4) is 0 Å². The number of alkyl halides is 6. The number of rotatable bonds is 5. The minimum absolute atomic E-state index is 0.175. The normalized spacial score (nSPS) is 13.8. The van der Waals surface area contributed by atoms with Gasteiger partial charge < -0.3 is 0 Å². The molecule has 0 saturated heterocycles. The summed E-state index contributed by atoms with van der Waals surface area (Å²) in [5.41, 5.74) is 0. The second-order valence-corrected chi connectivity index (χ2v) is 2.75. The summed E-state index contributed by atoms with van der Waals surface area (Å²) in [7, 11) is 0. The Balaban J connectivity index is 4.40. The number of hydrogen-bond donors (Lipinski definition) is 0. The lowest BCUT2D eigenvalue weighted by Crippen LogP contribution is -2.41. The van der Waals surface area contributed by atoms with E-state index in [2.05, 4.69) is 0 Å². The van der Waals surface area contributed by atoms with Gasteiger partial charge in [0, 0.05) is 6.42 Å². The maximum Gasteiger partial charge on any atom is 0.315 e. The number of halogens is 6. The molecule has 0 N–H and O–H groups in total. The second kappa shape index (κ2) is 4.19. The van der Waals surface area contributed by atoms with Crippen LogP contribution in [-0.2, 0) is 0 Å². The van der Waals surface area contributed by atoms with E-state index >= 15 is 0 Å². The van der Waals surface area contributed by atoms with E-state index in [1.165, 1.54) is 6.92 Å². The van der Waals surface area contributed by atoms with E-state index in [1.807, 2.05) is 0 Å². The molecule has 0 aliphatic carbocycles. The van der Waals surface area contributed by atoms with Crippen molar-refractivity contribution in [3.8, 4) is 0 Å². The fraction of sp³-hybridized carbons (Fsp3) is 1.00. The van der Waals surface area contributed by atoms with Gasteiger partial charge in [-0.05, 0) is 0 Å². The van der Waals surface area contributed by atoms with Crippen molar-refractivity contribution < 1.29 is 26.3 Å². The molecule has 0 aromatic carbocycles. The molecule has 0 fully saturated rings. The predicted octanol–water partition coefficient (Wildman–Crippen LogP) is 3.71. The molecule has 0 amide bonds. The Kier molecular flexibility index (Phi) is 4.06. The van der Waals surface area contributed by atoms with Crippen molar-refractivity contribution >= 4 is 0 Å². The summed E-state index contributed by atoms with van der Waals surface area (Å²) in [5.74, 6) is -8.95. The minimum atomic E-state index is -4.61. The predicted molar refractivity (Wildman–Crippen MR) is 35.4 cm³/mol. The molecule has 0 saturated carbocycles. The first-order valence-corrected chi connectivity index (χ1v) is 3.76. The van der Waals surface area contributed by atoms with Gasteiger partial charge in [0.05, 0.1) is 6.42 Å². The summed E-state index contributed by atoms with van der Waals surface area (Å²) in [6.07, 6.45) is -6.75. The van der Waals surface area contributed by atoms with Crippen molar-refractivity contribution in [2.75, 3.05) is 0 Å². The van der Waals surface area contributed by atoms with Crippen molar-refractivity contribution in [1.29, 1.82) is 0 Å². The Morgan fingerprint density at radius 1 is 1.00 bits per heavy atom.